The Hall–Kier alpha value is -2.69. The van der Waals surface area contributed by atoms with Crippen molar-refractivity contribution in [1.82, 2.24) is 0 Å². The summed E-state index contributed by atoms with van der Waals surface area (Å²) >= 11 is 0. The average molecular weight is 310 g/mol. The van der Waals surface area contributed by atoms with Crippen LogP contribution in [-0.4, -0.2) is 4.92 Å². The Morgan fingerprint density at radius 3 is 2.87 bits per heavy atom. The quantitative estimate of drug-likeness (QED) is 0.502. The number of rotatable bonds is 2. The van der Waals surface area contributed by atoms with E-state index in [2.05, 4.69) is 17.5 Å². The van der Waals surface area contributed by atoms with E-state index in [0.29, 0.717) is 0 Å². The number of fused-ring (bicyclic) bond motifs is 3. The molecule has 1 aliphatic heterocycles. The molecule has 3 atom stereocenters. The largest absolute Gasteiger partial charge is 0.378 e. The molecule has 4 rings (SSSR count). The van der Waals surface area contributed by atoms with Crippen molar-refractivity contribution < 1.29 is 9.31 Å². The highest BCUT2D eigenvalue weighted by Crippen LogP contribution is 2.50. The maximum absolute atomic E-state index is 13.6. The molecule has 0 radical (unpaired) electrons. The smallest absolute Gasteiger partial charge is 0.269 e. The third kappa shape index (κ3) is 2.29. The molecule has 2 aromatic rings. The fourth-order valence-corrected chi connectivity index (χ4v) is 3.73. The first-order valence-corrected chi connectivity index (χ1v) is 7.60. The minimum absolute atomic E-state index is 0.000318. The van der Waals surface area contributed by atoms with Crippen LogP contribution in [0.25, 0.3) is 0 Å². The van der Waals surface area contributed by atoms with E-state index in [1.807, 2.05) is 6.07 Å². The van der Waals surface area contributed by atoms with Crippen molar-refractivity contribution in [1.29, 1.82) is 0 Å². The minimum Gasteiger partial charge on any atom is -0.378 e. The van der Waals surface area contributed by atoms with Gasteiger partial charge in [-0.15, -0.1) is 0 Å². The molecule has 1 heterocycles. The predicted molar refractivity (Wildman–Crippen MR) is 85.8 cm³/mol. The first-order valence-electron chi connectivity index (χ1n) is 7.60. The second-order valence-corrected chi connectivity index (χ2v) is 6.06. The van der Waals surface area contributed by atoms with E-state index >= 15 is 0 Å². The van der Waals surface area contributed by atoms with Gasteiger partial charge in [-0.2, -0.15) is 0 Å². The van der Waals surface area contributed by atoms with E-state index in [0.717, 1.165) is 23.2 Å². The standard InChI is InChI=1S/C18H15FN2O2/c19-12-4-1-3-11(9-12)18-15-6-2-5-14(15)16-10-13(21(22)23)7-8-17(16)20-18/h1-5,7-10,14-15,18,20H,6H2/t14-,15-,18-/m1/s1. The van der Waals surface area contributed by atoms with Crippen LogP contribution in [0.1, 0.15) is 29.5 Å². The summed E-state index contributed by atoms with van der Waals surface area (Å²) in [6.45, 7) is 0. The lowest BCUT2D eigenvalue weighted by Crippen LogP contribution is -2.29. The summed E-state index contributed by atoms with van der Waals surface area (Å²) in [7, 11) is 0. The lowest BCUT2D eigenvalue weighted by Gasteiger charge is -2.37. The van der Waals surface area contributed by atoms with Crippen LogP contribution in [0.4, 0.5) is 15.8 Å². The van der Waals surface area contributed by atoms with Gasteiger partial charge in [-0.1, -0.05) is 24.3 Å². The molecule has 2 aromatic carbocycles. The average Bonchev–Trinajstić information content (AvgIpc) is 3.03. The Labute approximate surface area is 132 Å². The first kappa shape index (κ1) is 13.9. The second-order valence-electron chi connectivity index (χ2n) is 6.06. The summed E-state index contributed by atoms with van der Waals surface area (Å²) in [5, 5.41) is 14.5. The van der Waals surface area contributed by atoms with Gasteiger partial charge in [0.25, 0.3) is 5.69 Å². The Bertz CT molecular complexity index is 818. The number of allylic oxidation sites excluding steroid dienone is 2. The molecule has 0 unspecified atom stereocenters. The third-order valence-electron chi connectivity index (χ3n) is 4.76. The van der Waals surface area contributed by atoms with E-state index in [4.69, 9.17) is 0 Å². The number of non-ortho nitro benzene ring substituents is 1. The highest BCUT2D eigenvalue weighted by molar-refractivity contribution is 5.62. The minimum atomic E-state index is -0.368. The Balaban J connectivity index is 1.79. The summed E-state index contributed by atoms with van der Waals surface area (Å²) in [5.41, 5.74) is 2.85. The van der Waals surface area contributed by atoms with Gasteiger partial charge in [0.05, 0.1) is 11.0 Å². The van der Waals surface area contributed by atoms with Crippen molar-refractivity contribution in [2.24, 2.45) is 5.92 Å². The molecule has 0 amide bonds. The van der Waals surface area contributed by atoms with Gasteiger partial charge in [-0.25, -0.2) is 4.39 Å². The van der Waals surface area contributed by atoms with Crippen molar-refractivity contribution >= 4 is 11.4 Å². The summed E-state index contributed by atoms with van der Waals surface area (Å²) in [6.07, 6.45) is 5.10. The molecule has 0 spiro atoms. The molecule has 0 aromatic heterocycles. The van der Waals surface area contributed by atoms with E-state index < -0.39 is 0 Å². The van der Waals surface area contributed by atoms with Crippen LogP contribution in [0.3, 0.4) is 0 Å². The van der Waals surface area contributed by atoms with Crippen molar-refractivity contribution in [2.75, 3.05) is 5.32 Å². The fourth-order valence-electron chi connectivity index (χ4n) is 3.73. The van der Waals surface area contributed by atoms with Crippen molar-refractivity contribution in [3.8, 4) is 0 Å². The molecule has 2 aliphatic rings. The van der Waals surface area contributed by atoms with Crippen LogP contribution in [0.5, 0.6) is 0 Å². The monoisotopic (exact) mass is 310 g/mol. The molecule has 4 nitrogen and oxygen atoms in total. The van der Waals surface area contributed by atoms with Crippen molar-refractivity contribution in [3.05, 3.63) is 81.7 Å². The molecule has 0 saturated carbocycles. The molecule has 1 aliphatic carbocycles. The molecule has 0 bridgehead atoms. The van der Waals surface area contributed by atoms with Gasteiger partial charge in [0.2, 0.25) is 0 Å². The lowest BCUT2D eigenvalue weighted by molar-refractivity contribution is -0.384. The third-order valence-corrected chi connectivity index (χ3v) is 4.76. The number of nitrogens with one attached hydrogen (secondary N) is 1. The van der Waals surface area contributed by atoms with E-state index in [-0.39, 0.29) is 34.3 Å². The number of hydrogen-bond acceptors (Lipinski definition) is 3. The van der Waals surface area contributed by atoms with Crippen LogP contribution < -0.4 is 5.32 Å². The summed E-state index contributed by atoms with van der Waals surface area (Å²) in [5.74, 6) is 0.118. The highest BCUT2D eigenvalue weighted by atomic mass is 19.1. The topological polar surface area (TPSA) is 55.2 Å². The molecule has 5 heteroatoms. The van der Waals surface area contributed by atoms with Crippen LogP contribution in [0.15, 0.2) is 54.6 Å². The molecule has 1 N–H and O–H groups in total. The van der Waals surface area contributed by atoms with Gasteiger partial charge in [0.1, 0.15) is 5.82 Å². The van der Waals surface area contributed by atoms with Crippen LogP contribution >= 0.6 is 0 Å². The SMILES string of the molecule is O=[N+]([O-])c1ccc2c(c1)[C@@H]1C=CC[C@H]1[C@@H](c1cccc(F)c1)N2. The number of anilines is 1. The lowest BCUT2D eigenvalue weighted by atomic mass is 9.77. The second kappa shape index (κ2) is 5.19. The molecular weight excluding hydrogens is 295 g/mol. The molecule has 23 heavy (non-hydrogen) atoms. The van der Waals surface area contributed by atoms with Gasteiger partial charge in [0.15, 0.2) is 0 Å². The molecule has 0 saturated heterocycles. The van der Waals surface area contributed by atoms with Crippen molar-refractivity contribution in [3.63, 3.8) is 0 Å². The zero-order chi connectivity index (χ0) is 16.0. The van der Waals surface area contributed by atoms with Crippen LogP contribution in [0, 0.1) is 21.8 Å². The Kier molecular flexibility index (Phi) is 3.15. The summed E-state index contributed by atoms with van der Waals surface area (Å²) < 4.78 is 13.6. The number of halogens is 1. The number of hydrogen-bond donors (Lipinski definition) is 1. The van der Waals surface area contributed by atoms with Crippen molar-refractivity contribution in [2.45, 2.75) is 18.4 Å². The summed E-state index contributed by atoms with van der Waals surface area (Å²) in [6, 6.07) is 11.5. The highest BCUT2D eigenvalue weighted by Gasteiger charge is 2.38. The summed E-state index contributed by atoms with van der Waals surface area (Å²) in [4.78, 5) is 10.7. The number of nitrogens with zero attached hydrogens (tertiary/aromatic N) is 1. The Morgan fingerprint density at radius 1 is 1.22 bits per heavy atom. The van der Waals surface area contributed by atoms with Gasteiger partial charge in [0, 0.05) is 23.7 Å². The van der Waals surface area contributed by atoms with Crippen LogP contribution in [-0.2, 0) is 0 Å². The van der Waals surface area contributed by atoms with Gasteiger partial charge >= 0.3 is 0 Å². The van der Waals surface area contributed by atoms with E-state index in [1.165, 1.54) is 12.1 Å². The first-order chi connectivity index (χ1) is 11.1. The zero-order valence-electron chi connectivity index (χ0n) is 12.3. The molecule has 116 valence electrons. The fraction of sp³-hybridized carbons (Fsp3) is 0.222. The maximum atomic E-state index is 13.6. The van der Waals surface area contributed by atoms with E-state index in [9.17, 15) is 14.5 Å². The Morgan fingerprint density at radius 2 is 2.09 bits per heavy atom. The van der Waals surface area contributed by atoms with E-state index in [1.54, 1.807) is 24.3 Å². The number of nitro benzene ring substituents is 1. The van der Waals surface area contributed by atoms with Crippen LogP contribution in [0.2, 0.25) is 0 Å². The number of benzene rings is 2. The zero-order valence-corrected chi connectivity index (χ0v) is 12.3. The van der Waals surface area contributed by atoms with Gasteiger partial charge < -0.3 is 5.32 Å². The molecule has 0 fully saturated rings. The normalized spacial score (nSPS) is 24.7. The molecular formula is C18H15FN2O2. The van der Waals surface area contributed by atoms with Gasteiger partial charge in [-0.3, -0.25) is 10.1 Å². The predicted octanol–water partition coefficient (Wildman–Crippen LogP) is 4.56. The van der Waals surface area contributed by atoms with Gasteiger partial charge in [-0.05, 0) is 41.7 Å². The maximum Gasteiger partial charge on any atom is 0.269 e. The number of nitro groups is 1.